The molecule has 1 aromatic rings. The maximum atomic E-state index is 13.3. The molecule has 0 spiro atoms. The highest BCUT2D eigenvalue weighted by atomic mass is 16.6. The van der Waals surface area contributed by atoms with Crippen molar-refractivity contribution in [2.24, 2.45) is 28.8 Å². The molecule has 4 aliphatic rings. The molecule has 2 N–H and O–H groups in total. The first-order valence-corrected chi connectivity index (χ1v) is 11.6. The Kier molecular flexibility index (Phi) is 6.01. The van der Waals surface area contributed by atoms with Gasteiger partial charge in [0.25, 0.3) is 0 Å². The van der Waals surface area contributed by atoms with Crippen molar-refractivity contribution in [3.63, 3.8) is 0 Å². The van der Waals surface area contributed by atoms with Gasteiger partial charge in [-0.1, -0.05) is 35.5 Å². The van der Waals surface area contributed by atoms with Gasteiger partial charge in [0.1, 0.15) is 6.61 Å². The first-order valence-electron chi connectivity index (χ1n) is 11.6. The van der Waals surface area contributed by atoms with Crippen LogP contribution in [0, 0.1) is 23.7 Å². The quantitative estimate of drug-likeness (QED) is 0.528. The fraction of sp³-hybridized carbons (Fsp3) is 0.625. The van der Waals surface area contributed by atoms with Crippen molar-refractivity contribution in [1.82, 2.24) is 4.90 Å². The summed E-state index contributed by atoms with van der Waals surface area (Å²) in [6, 6.07) is 9.67. The third kappa shape index (κ3) is 3.84. The zero-order valence-corrected chi connectivity index (χ0v) is 18.0. The first kappa shape index (κ1) is 21.6. The highest BCUT2D eigenvalue weighted by molar-refractivity contribution is 6.06. The lowest BCUT2D eigenvalue weighted by Crippen LogP contribution is -2.54. The van der Waals surface area contributed by atoms with E-state index in [0.717, 1.165) is 18.4 Å². The number of rotatable bonds is 5. The van der Waals surface area contributed by atoms with E-state index in [0.29, 0.717) is 31.8 Å². The summed E-state index contributed by atoms with van der Waals surface area (Å²) in [6.07, 6.45) is 0.973. The van der Waals surface area contributed by atoms with Gasteiger partial charge in [0.2, 0.25) is 11.8 Å². The molecule has 0 radical (unpaired) electrons. The molecule has 7 atom stereocenters. The second kappa shape index (κ2) is 8.92. The van der Waals surface area contributed by atoms with Crippen LogP contribution >= 0.6 is 0 Å². The van der Waals surface area contributed by atoms with Crippen LogP contribution < -0.4 is 0 Å². The molecule has 32 heavy (non-hydrogen) atoms. The van der Waals surface area contributed by atoms with Crippen molar-refractivity contribution in [2.75, 3.05) is 13.2 Å². The van der Waals surface area contributed by atoms with Crippen molar-refractivity contribution < 1.29 is 29.4 Å². The second-order valence-corrected chi connectivity index (χ2v) is 9.42. The lowest BCUT2D eigenvalue weighted by atomic mass is 9.60. The third-order valence-electron chi connectivity index (χ3n) is 7.54. The number of hydrogen-bond donors (Lipinski definition) is 2. The Labute approximate surface area is 187 Å². The molecule has 8 nitrogen and oxygen atoms in total. The number of carbonyl (C=O) groups excluding carboxylic acids is 2. The van der Waals surface area contributed by atoms with Crippen molar-refractivity contribution >= 4 is 17.5 Å². The minimum Gasteiger partial charge on any atom is -0.391 e. The Morgan fingerprint density at radius 2 is 1.84 bits per heavy atom. The molecule has 2 aliphatic carbocycles. The average Bonchev–Trinajstić information content (AvgIpc) is 3.40. The van der Waals surface area contributed by atoms with Gasteiger partial charge in [-0.15, -0.1) is 0 Å². The maximum Gasteiger partial charge on any atom is 0.233 e. The van der Waals surface area contributed by atoms with E-state index >= 15 is 0 Å². The van der Waals surface area contributed by atoms with Gasteiger partial charge in [0, 0.05) is 24.9 Å². The molecular formula is C24H30N2O6. The average molecular weight is 443 g/mol. The predicted octanol–water partition coefficient (Wildman–Crippen LogP) is 1.49. The lowest BCUT2D eigenvalue weighted by Gasteiger charge is -2.45. The highest BCUT2D eigenvalue weighted by Crippen LogP contribution is 2.49. The summed E-state index contributed by atoms with van der Waals surface area (Å²) in [4.78, 5) is 33.3. The van der Waals surface area contributed by atoms with Crippen LogP contribution in [-0.4, -0.2) is 64.1 Å². The lowest BCUT2D eigenvalue weighted by molar-refractivity contribution is -0.143. The van der Waals surface area contributed by atoms with Crippen LogP contribution in [0.3, 0.4) is 0 Å². The summed E-state index contributed by atoms with van der Waals surface area (Å²) in [6.45, 7) is 1.24. The fourth-order valence-corrected chi connectivity index (χ4v) is 5.98. The van der Waals surface area contributed by atoms with Crippen molar-refractivity contribution in [3.05, 3.63) is 35.9 Å². The molecule has 0 bridgehead atoms. The number of nitrogens with zero attached hydrogens (tertiary/aromatic N) is 2. The minimum atomic E-state index is -1.07. The third-order valence-corrected chi connectivity index (χ3v) is 7.54. The number of aliphatic hydroxyl groups is 2. The van der Waals surface area contributed by atoms with Crippen LogP contribution in [0.25, 0.3) is 0 Å². The second-order valence-electron chi connectivity index (χ2n) is 9.42. The molecule has 2 saturated carbocycles. The van der Waals surface area contributed by atoms with Gasteiger partial charge < -0.3 is 19.8 Å². The molecule has 0 unspecified atom stereocenters. The van der Waals surface area contributed by atoms with E-state index < -0.39 is 30.0 Å². The normalized spacial score (nSPS) is 38.1. The summed E-state index contributed by atoms with van der Waals surface area (Å²) in [7, 11) is 0. The number of ether oxygens (including phenoxy) is 1. The van der Waals surface area contributed by atoms with Crippen molar-refractivity contribution in [2.45, 2.75) is 57.0 Å². The largest absolute Gasteiger partial charge is 0.391 e. The van der Waals surface area contributed by atoms with Crippen LogP contribution in [0.15, 0.2) is 35.5 Å². The molecule has 4 fully saturated rings. The number of hydrogen-bond acceptors (Lipinski definition) is 7. The molecular weight excluding hydrogens is 412 g/mol. The number of fused-ring (bicyclic) bond motifs is 3. The molecule has 5 rings (SSSR count). The highest BCUT2D eigenvalue weighted by Gasteiger charge is 2.59. The van der Waals surface area contributed by atoms with E-state index in [1.165, 1.54) is 4.90 Å². The van der Waals surface area contributed by atoms with E-state index in [-0.39, 0.29) is 36.8 Å². The summed E-state index contributed by atoms with van der Waals surface area (Å²) in [5.74, 6) is -2.22. The van der Waals surface area contributed by atoms with Gasteiger partial charge in [-0.3, -0.25) is 14.5 Å². The number of likely N-dealkylation sites (tertiary alicyclic amines) is 1. The molecule has 8 heteroatoms. The number of benzene rings is 1. The molecule has 0 aromatic heterocycles. The number of carbonyl (C=O) groups is 2. The van der Waals surface area contributed by atoms with Gasteiger partial charge in [-0.05, 0) is 31.2 Å². The predicted molar refractivity (Wildman–Crippen MR) is 114 cm³/mol. The van der Waals surface area contributed by atoms with Gasteiger partial charge in [0.05, 0.1) is 42.4 Å². The maximum absolute atomic E-state index is 13.3. The van der Waals surface area contributed by atoms with E-state index in [4.69, 9.17) is 9.57 Å². The van der Waals surface area contributed by atoms with E-state index in [1.54, 1.807) is 0 Å². The summed E-state index contributed by atoms with van der Waals surface area (Å²) in [5, 5.41) is 25.7. The smallest absolute Gasteiger partial charge is 0.233 e. The van der Waals surface area contributed by atoms with E-state index in [2.05, 4.69) is 5.16 Å². The van der Waals surface area contributed by atoms with Crippen LogP contribution in [-0.2, 0) is 25.8 Å². The Morgan fingerprint density at radius 3 is 2.59 bits per heavy atom. The van der Waals surface area contributed by atoms with Gasteiger partial charge in [0.15, 0.2) is 0 Å². The SMILES string of the molecule is O=C1[C@H]2[C@H]3[C@H](O)[C@H](O)C/C(=N\OCc4ccccc4)[C@@H]3CC[C@H]2C(=O)N1C[C@@H]1CCCO1. The van der Waals surface area contributed by atoms with Crippen LogP contribution in [0.4, 0.5) is 0 Å². The zero-order valence-electron chi connectivity index (χ0n) is 18.0. The summed E-state index contributed by atoms with van der Waals surface area (Å²) in [5.41, 5.74) is 1.65. The first-order chi connectivity index (χ1) is 15.5. The van der Waals surface area contributed by atoms with Crippen LogP contribution in [0.5, 0.6) is 0 Å². The Morgan fingerprint density at radius 1 is 1.06 bits per heavy atom. The number of amides is 2. The van der Waals surface area contributed by atoms with Crippen molar-refractivity contribution in [3.8, 4) is 0 Å². The number of oxime groups is 1. The molecule has 172 valence electrons. The van der Waals surface area contributed by atoms with E-state index in [9.17, 15) is 19.8 Å². The summed E-state index contributed by atoms with van der Waals surface area (Å²) < 4.78 is 5.64. The molecule has 1 aromatic carbocycles. The zero-order chi connectivity index (χ0) is 22.2. The summed E-state index contributed by atoms with van der Waals surface area (Å²) >= 11 is 0. The van der Waals surface area contributed by atoms with Crippen molar-refractivity contribution in [1.29, 1.82) is 0 Å². The standard InChI is InChI=1S/C24H30N2O6/c27-19-11-18(25-32-13-14-5-2-1-3-6-14)16-8-9-17-21(20(16)22(19)28)24(30)26(23(17)29)12-15-7-4-10-31-15/h1-3,5-6,15-17,19-22,27-28H,4,7-13H2/b25-18+/t15-,16-,17+,19+,20-,21+,22+/m0/s1. The molecule has 2 saturated heterocycles. The van der Waals surface area contributed by atoms with Gasteiger partial charge >= 0.3 is 0 Å². The topological polar surface area (TPSA) is 109 Å². The number of aliphatic hydroxyl groups excluding tert-OH is 2. The number of imide groups is 1. The Balaban J connectivity index is 1.35. The Bertz CT molecular complexity index is 884. The van der Waals surface area contributed by atoms with Crippen LogP contribution in [0.2, 0.25) is 0 Å². The van der Waals surface area contributed by atoms with Gasteiger partial charge in [-0.2, -0.15) is 0 Å². The minimum absolute atomic E-state index is 0.107. The van der Waals surface area contributed by atoms with Gasteiger partial charge in [-0.25, -0.2) is 0 Å². The molecule has 2 amide bonds. The Hall–Kier alpha value is -2.29. The van der Waals surface area contributed by atoms with E-state index in [1.807, 2.05) is 30.3 Å². The monoisotopic (exact) mass is 442 g/mol. The van der Waals surface area contributed by atoms with Crippen LogP contribution in [0.1, 0.15) is 37.7 Å². The molecule has 2 heterocycles. The fourth-order valence-electron chi connectivity index (χ4n) is 5.98. The molecule has 2 aliphatic heterocycles.